The lowest BCUT2D eigenvalue weighted by Crippen LogP contribution is -2.39. The monoisotopic (exact) mass is 547 g/mol. The summed E-state index contributed by atoms with van der Waals surface area (Å²) in [4.78, 5) is 28.8. The minimum atomic E-state index is -4.73. The summed E-state index contributed by atoms with van der Waals surface area (Å²) < 4.78 is 42.9. The van der Waals surface area contributed by atoms with Crippen molar-refractivity contribution >= 4 is 23.2 Å². The van der Waals surface area contributed by atoms with E-state index in [0.717, 1.165) is 27.9 Å². The summed E-state index contributed by atoms with van der Waals surface area (Å²) in [6, 6.07) is 21.8. The van der Waals surface area contributed by atoms with Gasteiger partial charge in [0.2, 0.25) is 5.91 Å². The van der Waals surface area contributed by atoms with Crippen molar-refractivity contribution in [3.8, 4) is 16.8 Å². The van der Waals surface area contributed by atoms with Crippen LogP contribution in [-0.2, 0) is 23.9 Å². The fourth-order valence-corrected chi connectivity index (χ4v) is 5.04. The number of nitrogens with one attached hydrogen (secondary N) is 1. The molecule has 0 saturated carbocycles. The molecule has 1 aliphatic rings. The number of amides is 2. The van der Waals surface area contributed by atoms with E-state index >= 15 is 0 Å². The first-order valence-corrected chi connectivity index (χ1v) is 12.7. The number of hydrogen-bond acceptors (Lipinski definition) is 4. The van der Waals surface area contributed by atoms with E-state index in [1.54, 1.807) is 18.2 Å². The van der Waals surface area contributed by atoms with Crippen LogP contribution in [0.15, 0.2) is 72.8 Å². The van der Waals surface area contributed by atoms with Crippen molar-refractivity contribution in [3.63, 3.8) is 0 Å². The number of carbonyl (C=O) groups excluding carboxylic acids is 2. The van der Waals surface area contributed by atoms with Gasteiger partial charge in [-0.3, -0.25) is 9.59 Å². The molecule has 3 aromatic carbocycles. The molecule has 40 heavy (non-hydrogen) atoms. The number of benzene rings is 3. The Hall–Kier alpha value is -4.44. The molecule has 10 heteroatoms. The lowest BCUT2D eigenvalue weighted by atomic mass is 9.98. The number of aromatic nitrogens is 2. The first kappa shape index (κ1) is 27.1. The van der Waals surface area contributed by atoms with Crippen LogP contribution in [0.25, 0.3) is 16.8 Å². The second-order valence-corrected chi connectivity index (χ2v) is 9.97. The lowest BCUT2D eigenvalue weighted by Gasteiger charge is -2.28. The van der Waals surface area contributed by atoms with E-state index in [4.69, 9.17) is 0 Å². The Balaban J connectivity index is 1.52. The number of rotatable bonds is 6. The van der Waals surface area contributed by atoms with Crippen molar-refractivity contribution in [2.45, 2.75) is 26.1 Å². The van der Waals surface area contributed by atoms with E-state index in [9.17, 15) is 22.8 Å². The summed E-state index contributed by atoms with van der Waals surface area (Å²) in [5.74, 6) is -0.902. The van der Waals surface area contributed by atoms with E-state index in [0.29, 0.717) is 11.4 Å². The number of nitrogens with zero attached hydrogens (tertiary/aromatic N) is 4. The summed E-state index contributed by atoms with van der Waals surface area (Å²) in [5, 5.41) is 6.46. The number of halogens is 3. The van der Waals surface area contributed by atoms with Crippen molar-refractivity contribution in [2.75, 3.05) is 30.9 Å². The number of carbonyl (C=O) groups is 2. The lowest BCUT2D eigenvalue weighted by molar-refractivity contribution is -0.142. The van der Waals surface area contributed by atoms with Crippen molar-refractivity contribution in [1.29, 1.82) is 0 Å². The van der Waals surface area contributed by atoms with Gasteiger partial charge in [0.05, 0.1) is 5.69 Å². The Morgan fingerprint density at radius 2 is 1.73 bits per heavy atom. The second-order valence-electron chi connectivity index (χ2n) is 9.97. The molecule has 206 valence electrons. The van der Waals surface area contributed by atoms with Gasteiger partial charge in [-0.05, 0) is 67.5 Å². The predicted octanol–water partition coefficient (Wildman–Crippen LogP) is 5.78. The molecule has 0 radical (unpaired) electrons. The molecule has 1 aliphatic heterocycles. The number of anilines is 2. The van der Waals surface area contributed by atoms with Crippen molar-refractivity contribution in [3.05, 3.63) is 95.3 Å². The molecule has 7 nitrogen and oxygen atoms in total. The van der Waals surface area contributed by atoms with Crippen LogP contribution in [0.5, 0.6) is 0 Å². The van der Waals surface area contributed by atoms with E-state index in [-0.39, 0.29) is 35.8 Å². The molecular formula is C30H28F3N5O2. The second kappa shape index (κ2) is 10.6. The van der Waals surface area contributed by atoms with Gasteiger partial charge in [0.25, 0.3) is 5.91 Å². The zero-order valence-electron chi connectivity index (χ0n) is 22.3. The van der Waals surface area contributed by atoms with Gasteiger partial charge in [-0.15, -0.1) is 0 Å². The van der Waals surface area contributed by atoms with Crippen LogP contribution in [0.3, 0.4) is 0 Å². The maximum absolute atomic E-state index is 14.0. The molecule has 2 heterocycles. The summed E-state index contributed by atoms with van der Waals surface area (Å²) in [7, 11) is 4.00. The Kier molecular flexibility index (Phi) is 7.20. The third-order valence-electron chi connectivity index (χ3n) is 6.69. The first-order chi connectivity index (χ1) is 19.0. The predicted molar refractivity (Wildman–Crippen MR) is 148 cm³/mol. The fraction of sp³-hybridized carbons (Fsp3) is 0.233. The van der Waals surface area contributed by atoms with Crippen molar-refractivity contribution < 1.29 is 22.8 Å². The standard InChI is InChI=1S/C30H28F3N5O2/c1-19(39)34-22-8-6-9-24(17-22)38-27-26(28(35-38)30(31,32)33)15-16-37(29(27)40)23-13-11-20(12-14-23)25-10-5-4-7-21(25)18-36(2)3/h4-14,17H,15-16,18H2,1-3H3,(H,34,39). The van der Waals surface area contributed by atoms with Crippen LogP contribution in [0.1, 0.15) is 34.2 Å². The molecule has 0 bridgehead atoms. The largest absolute Gasteiger partial charge is 0.435 e. The summed E-state index contributed by atoms with van der Waals surface area (Å²) in [6.07, 6.45) is -4.73. The average molecular weight is 548 g/mol. The highest BCUT2D eigenvalue weighted by molar-refractivity contribution is 6.07. The molecule has 4 aromatic rings. The zero-order chi connectivity index (χ0) is 28.6. The third kappa shape index (κ3) is 5.35. The SMILES string of the molecule is CC(=O)Nc1cccc(-n2nc(C(F)(F)F)c3c2C(=O)N(c2ccc(-c4ccccc4CN(C)C)cc2)CC3)c1. The van der Waals surface area contributed by atoms with E-state index in [2.05, 4.69) is 21.4 Å². The average Bonchev–Trinajstić information content (AvgIpc) is 3.30. The van der Waals surface area contributed by atoms with Gasteiger partial charge in [0.1, 0.15) is 5.69 Å². The molecule has 2 amide bonds. The third-order valence-corrected chi connectivity index (χ3v) is 6.69. The van der Waals surface area contributed by atoms with Gasteiger partial charge in [0, 0.05) is 37.0 Å². The molecule has 0 atom stereocenters. The maximum Gasteiger partial charge on any atom is 0.435 e. The van der Waals surface area contributed by atoms with Crippen LogP contribution < -0.4 is 10.2 Å². The van der Waals surface area contributed by atoms with Crippen LogP contribution >= 0.6 is 0 Å². The van der Waals surface area contributed by atoms with E-state index in [1.807, 2.05) is 56.6 Å². The van der Waals surface area contributed by atoms with E-state index < -0.39 is 17.8 Å². The molecule has 5 rings (SSSR count). The zero-order valence-corrected chi connectivity index (χ0v) is 22.3. The molecular weight excluding hydrogens is 519 g/mol. The highest BCUT2D eigenvalue weighted by Gasteiger charge is 2.43. The van der Waals surface area contributed by atoms with Crippen molar-refractivity contribution in [1.82, 2.24) is 14.7 Å². The molecule has 0 spiro atoms. The normalized spacial score (nSPS) is 13.5. The molecule has 1 N–H and O–H groups in total. The Labute approximate surface area is 229 Å². The molecule has 0 unspecified atom stereocenters. The Morgan fingerprint density at radius 1 is 1.00 bits per heavy atom. The minimum absolute atomic E-state index is 0.00524. The highest BCUT2D eigenvalue weighted by Crippen LogP contribution is 2.37. The van der Waals surface area contributed by atoms with Gasteiger partial charge < -0.3 is 15.1 Å². The van der Waals surface area contributed by atoms with Crippen LogP contribution in [-0.4, -0.2) is 47.1 Å². The first-order valence-electron chi connectivity index (χ1n) is 12.7. The minimum Gasteiger partial charge on any atom is -0.326 e. The van der Waals surface area contributed by atoms with Gasteiger partial charge in [-0.2, -0.15) is 18.3 Å². The summed E-state index contributed by atoms with van der Waals surface area (Å²) in [5.41, 5.74) is 3.06. The quantitative estimate of drug-likeness (QED) is 0.332. The number of hydrogen-bond donors (Lipinski definition) is 1. The Bertz CT molecular complexity index is 1580. The molecule has 0 saturated heterocycles. The van der Waals surface area contributed by atoms with Crippen LogP contribution in [0, 0.1) is 0 Å². The molecule has 0 aliphatic carbocycles. The number of alkyl halides is 3. The maximum atomic E-state index is 14.0. The van der Waals surface area contributed by atoms with Crippen LogP contribution in [0.4, 0.5) is 24.5 Å². The van der Waals surface area contributed by atoms with Crippen LogP contribution in [0.2, 0.25) is 0 Å². The van der Waals surface area contributed by atoms with Gasteiger partial charge >= 0.3 is 6.18 Å². The van der Waals surface area contributed by atoms with E-state index in [1.165, 1.54) is 17.9 Å². The van der Waals surface area contributed by atoms with Crippen molar-refractivity contribution in [2.24, 2.45) is 0 Å². The number of fused-ring (bicyclic) bond motifs is 1. The van der Waals surface area contributed by atoms with Gasteiger partial charge in [-0.25, -0.2) is 4.68 Å². The smallest absolute Gasteiger partial charge is 0.326 e. The topological polar surface area (TPSA) is 70.5 Å². The molecule has 1 aromatic heterocycles. The molecule has 0 fully saturated rings. The van der Waals surface area contributed by atoms with Gasteiger partial charge in [0.15, 0.2) is 5.69 Å². The van der Waals surface area contributed by atoms with Gasteiger partial charge in [-0.1, -0.05) is 42.5 Å². The Morgan fingerprint density at radius 3 is 2.40 bits per heavy atom. The summed E-state index contributed by atoms with van der Waals surface area (Å²) >= 11 is 0. The summed E-state index contributed by atoms with van der Waals surface area (Å²) in [6.45, 7) is 2.18. The highest BCUT2D eigenvalue weighted by atomic mass is 19.4. The fourth-order valence-electron chi connectivity index (χ4n) is 5.04.